The maximum absolute atomic E-state index is 15.4. The number of nitrogens with zero attached hydrogens (tertiary/aromatic N) is 2. The summed E-state index contributed by atoms with van der Waals surface area (Å²) in [5.41, 5.74) is 3.98. The van der Waals surface area contributed by atoms with Crippen molar-refractivity contribution in [3.8, 4) is 11.5 Å². The number of aryl methyl sites for hydroxylation is 1. The zero-order chi connectivity index (χ0) is 28.2. The Balaban J connectivity index is 1.47. The lowest BCUT2D eigenvalue weighted by molar-refractivity contribution is 0.391. The Morgan fingerprint density at radius 2 is 1.69 bits per heavy atom. The Morgan fingerprint density at radius 3 is 2.36 bits per heavy atom. The fraction of sp³-hybridized carbons (Fsp3) is 0.267. The molecule has 0 saturated carbocycles. The second kappa shape index (κ2) is 11.8. The van der Waals surface area contributed by atoms with Gasteiger partial charge in [0, 0.05) is 36.5 Å². The molecule has 6 nitrogen and oxygen atoms in total. The van der Waals surface area contributed by atoms with Crippen LogP contribution in [0.4, 0.5) is 26.0 Å². The molecule has 204 valence electrons. The molecule has 4 rings (SSSR count). The van der Waals surface area contributed by atoms with Crippen LogP contribution in [-0.2, 0) is 13.0 Å². The number of anilines is 3. The van der Waals surface area contributed by atoms with Crippen LogP contribution in [0, 0.1) is 18.6 Å². The van der Waals surface area contributed by atoms with Gasteiger partial charge in [0.25, 0.3) is 0 Å². The summed E-state index contributed by atoms with van der Waals surface area (Å²) in [6.45, 7) is 8.79. The lowest BCUT2D eigenvalue weighted by Gasteiger charge is -2.18. The SMILES string of the molecule is COc1ccc(CNc2nccc(Cc3ncc(Nc4ccc([Si](C)(C)C)cc4F)cc3C)c2F)c(OC)c1. The average Bonchev–Trinajstić information content (AvgIpc) is 2.91. The third-order valence-corrected chi connectivity index (χ3v) is 8.61. The summed E-state index contributed by atoms with van der Waals surface area (Å²) in [7, 11) is 1.56. The van der Waals surface area contributed by atoms with Gasteiger partial charge in [-0.05, 0) is 54.4 Å². The van der Waals surface area contributed by atoms with Gasteiger partial charge in [-0.1, -0.05) is 30.9 Å². The summed E-state index contributed by atoms with van der Waals surface area (Å²) >= 11 is 0. The van der Waals surface area contributed by atoms with E-state index in [1.165, 1.54) is 0 Å². The van der Waals surface area contributed by atoms with Crippen molar-refractivity contribution in [3.63, 3.8) is 0 Å². The van der Waals surface area contributed by atoms with Crippen LogP contribution in [0.25, 0.3) is 0 Å². The predicted octanol–water partition coefficient (Wildman–Crippen LogP) is 6.57. The molecule has 0 bridgehead atoms. The third kappa shape index (κ3) is 6.72. The van der Waals surface area contributed by atoms with Gasteiger partial charge in [-0.15, -0.1) is 0 Å². The molecule has 0 aliphatic carbocycles. The fourth-order valence-electron chi connectivity index (χ4n) is 4.20. The second-order valence-electron chi connectivity index (χ2n) is 10.4. The van der Waals surface area contributed by atoms with Crippen LogP contribution >= 0.6 is 0 Å². The van der Waals surface area contributed by atoms with E-state index in [2.05, 4.69) is 40.2 Å². The summed E-state index contributed by atoms with van der Waals surface area (Å²) < 4.78 is 40.8. The van der Waals surface area contributed by atoms with Gasteiger partial charge in [0.15, 0.2) is 11.6 Å². The molecule has 0 amide bonds. The monoisotopic (exact) mass is 548 g/mol. The highest BCUT2D eigenvalue weighted by Crippen LogP contribution is 2.27. The second-order valence-corrected chi connectivity index (χ2v) is 15.5. The summed E-state index contributed by atoms with van der Waals surface area (Å²) in [4.78, 5) is 8.73. The first-order chi connectivity index (χ1) is 18.6. The molecule has 0 aliphatic heterocycles. The van der Waals surface area contributed by atoms with E-state index in [0.29, 0.717) is 41.4 Å². The van der Waals surface area contributed by atoms with E-state index in [0.717, 1.165) is 22.0 Å². The van der Waals surface area contributed by atoms with E-state index < -0.39 is 13.9 Å². The summed E-state index contributed by atoms with van der Waals surface area (Å²) in [6.07, 6.45) is 3.51. The Labute approximate surface area is 229 Å². The van der Waals surface area contributed by atoms with Gasteiger partial charge >= 0.3 is 0 Å². The maximum atomic E-state index is 15.4. The van der Waals surface area contributed by atoms with Gasteiger partial charge in [0.05, 0.1) is 39.9 Å². The van der Waals surface area contributed by atoms with Gasteiger partial charge < -0.3 is 20.1 Å². The molecule has 0 aliphatic rings. The molecule has 2 aromatic heterocycles. The van der Waals surface area contributed by atoms with E-state index in [9.17, 15) is 4.39 Å². The van der Waals surface area contributed by atoms with E-state index >= 15 is 4.39 Å². The number of benzene rings is 2. The smallest absolute Gasteiger partial charge is 0.169 e. The molecule has 2 heterocycles. The first kappa shape index (κ1) is 28.0. The average molecular weight is 549 g/mol. The van der Waals surface area contributed by atoms with E-state index in [-0.39, 0.29) is 11.6 Å². The van der Waals surface area contributed by atoms with Crippen molar-refractivity contribution in [2.24, 2.45) is 0 Å². The lowest BCUT2D eigenvalue weighted by atomic mass is 10.1. The molecular weight excluding hydrogens is 514 g/mol. The number of pyridine rings is 2. The molecular formula is C30H34F2N4O2Si. The van der Waals surface area contributed by atoms with Crippen molar-refractivity contribution in [2.45, 2.75) is 39.5 Å². The molecule has 0 saturated heterocycles. The minimum Gasteiger partial charge on any atom is -0.497 e. The maximum Gasteiger partial charge on any atom is 0.169 e. The van der Waals surface area contributed by atoms with Crippen molar-refractivity contribution in [3.05, 3.63) is 94.9 Å². The lowest BCUT2D eigenvalue weighted by Crippen LogP contribution is -2.37. The molecule has 0 atom stereocenters. The van der Waals surface area contributed by atoms with Crippen LogP contribution in [0.1, 0.15) is 22.4 Å². The number of rotatable bonds is 10. The Bertz CT molecular complexity index is 1470. The van der Waals surface area contributed by atoms with Crippen molar-refractivity contribution < 1.29 is 18.3 Å². The quantitative estimate of drug-likeness (QED) is 0.219. The number of nitrogens with one attached hydrogen (secondary N) is 2. The number of aromatic nitrogens is 2. The van der Waals surface area contributed by atoms with Crippen LogP contribution in [0.2, 0.25) is 19.6 Å². The predicted molar refractivity (Wildman–Crippen MR) is 156 cm³/mol. The van der Waals surface area contributed by atoms with Crippen LogP contribution in [0.15, 0.2) is 60.9 Å². The Kier molecular flexibility index (Phi) is 8.50. The zero-order valence-electron chi connectivity index (χ0n) is 23.2. The minimum absolute atomic E-state index is 0.151. The van der Waals surface area contributed by atoms with E-state index in [1.807, 2.05) is 31.2 Å². The van der Waals surface area contributed by atoms with Crippen molar-refractivity contribution in [2.75, 3.05) is 24.9 Å². The van der Waals surface area contributed by atoms with Gasteiger partial charge in [-0.25, -0.2) is 13.8 Å². The summed E-state index contributed by atoms with van der Waals surface area (Å²) in [6, 6.07) is 14.4. The van der Waals surface area contributed by atoms with Gasteiger partial charge in [-0.2, -0.15) is 0 Å². The number of methoxy groups -OCH3 is 2. The molecule has 0 spiro atoms. The minimum atomic E-state index is -1.60. The van der Waals surface area contributed by atoms with E-state index in [1.54, 1.807) is 50.9 Å². The Morgan fingerprint density at radius 1 is 0.897 bits per heavy atom. The zero-order valence-corrected chi connectivity index (χ0v) is 24.2. The van der Waals surface area contributed by atoms with Crippen LogP contribution in [0.5, 0.6) is 11.5 Å². The fourth-order valence-corrected chi connectivity index (χ4v) is 5.34. The highest BCUT2D eigenvalue weighted by Gasteiger charge is 2.18. The third-order valence-electron chi connectivity index (χ3n) is 6.57. The molecule has 9 heteroatoms. The van der Waals surface area contributed by atoms with Crippen molar-refractivity contribution in [1.82, 2.24) is 9.97 Å². The number of ether oxygens (including phenoxy) is 2. The largest absolute Gasteiger partial charge is 0.497 e. The van der Waals surface area contributed by atoms with Crippen LogP contribution in [0.3, 0.4) is 0 Å². The first-order valence-electron chi connectivity index (χ1n) is 12.7. The highest BCUT2D eigenvalue weighted by molar-refractivity contribution is 6.88. The van der Waals surface area contributed by atoms with Gasteiger partial charge in [-0.3, -0.25) is 4.98 Å². The topological polar surface area (TPSA) is 68.3 Å². The van der Waals surface area contributed by atoms with E-state index in [4.69, 9.17) is 9.47 Å². The standard InChI is InChI=1S/C30H34F2N4O2Si/c1-19-13-22(36-26-10-9-24(16-25(26)31)39(4,5)6)18-34-27(19)14-20-11-12-33-30(29(20)32)35-17-21-7-8-23(37-2)15-28(21)38-3/h7-13,15-16,18,36H,14,17H2,1-6H3,(H,33,35). The molecule has 0 radical (unpaired) electrons. The number of hydrogen-bond acceptors (Lipinski definition) is 6. The summed E-state index contributed by atoms with van der Waals surface area (Å²) in [5, 5.41) is 7.25. The van der Waals surface area contributed by atoms with Crippen molar-refractivity contribution >= 4 is 30.5 Å². The normalized spacial score (nSPS) is 11.3. The number of halogens is 2. The van der Waals surface area contributed by atoms with Gasteiger partial charge in [0.2, 0.25) is 0 Å². The molecule has 2 aromatic carbocycles. The molecule has 4 aromatic rings. The first-order valence-corrected chi connectivity index (χ1v) is 16.2. The Hall–Kier alpha value is -3.98. The van der Waals surface area contributed by atoms with Crippen molar-refractivity contribution in [1.29, 1.82) is 0 Å². The van der Waals surface area contributed by atoms with Gasteiger partial charge in [0.1, 0.15) is 17.3 Å². The number of hydrogen-bond donors (Lipinski definition) is 2. The molecule has 39 heavy (non-hydrogen) atoms. The molecule has 2 N–H and O–H groups in total. The summed E-state index contributed by atoms with van der Waals surface area (Å²) in [5.74, 6) is 0.745. The highest BCUT2D eigenvalue weighted by atomic mass is 28.3. The van der Waals surface area contributed by atoms with Crippen LogP contribution in [-0.4, -0.2) is 32.3 Å². The van der Waals surface area contributed by atoms with Crippen LogP contribution < -0.4 is 25.3 Å². The molecule has 0 unspecified atom stereocenters. The molecule has 0 fully saturated rings.